The zero-order valence-electron chi connectivity index (χ0n) is 13.2. The zero-order valence-corrected chi connectivity index (χ0v) is 14.0. The summed E-state index contributed by atoms with van der Waals surface area (Å²) in [6.45, 7) is 8.82. The van der Waals surface area contributed by atoms with Gasteiger partial charge in [-0.3, -0.25) is 0 Å². The molecule has 0 atom stereocenters. The van der Waals surface area contributed by atoms with Gasteiger partial charge in [-0.2, -0.15) is 0 Å². The molecule has 2 aliphatic rings. The second-order valence-electron chi connectivity index (χ2n) is 7.07. The van der Waals surface area contributed by atoms with Crippen molar-refractivity contribution in [1.82, 2.24) is 4.90 Å². The molecule has 0 spiro atoms. The Kier molecular flexibility index (Phi) is 5.18. The lowest BCUT2D eigenvalue weighted by Gasteiger charge is -2.40. The maximum absolute atomic E-state index is 6.13. The van der Waals surface area contributed by atoms with Crippen LogP contribution in [0.5, 0.6) is 0 Å². The molecule has 0 aliphatic carbocycles. The van der Waals surface area contributed by atoms with E-state index < -0.39 is 0 Å². The van der Waals surface area contributed by atoms with Crippen molar-refractivity contribution in [2.75, 3.05) is 31.1 Å². The van der Waals surface area contributed by atoms with E-state index in [9.17, 15) is 0 Å². The molecule has 21 heavy (non-hydrogen) atoms. The summed E-state index contributed by atoms with van der Waals surface area (Å²) in [5.41, 5.74) is 9.06. The van der Waals surface area contributed by atoms with Crippen molar-refractivity contribution in [2.24, 2.45) is 5.73 Å². The second kappa shape index (κ2) is 6.55. The molecule has 4 heteroatoms. The summed E-state index contributed by atoms with van der Waals surface area (Å²) in [7, 11) is 0. The third-order valence-corrected chi connectivity index (χ3v) is 4.55. The molecule has 3 rings (SSSR count). The SMILES string of the molecule is CC(C)(N)CN1CCC(N2CCc3ccccc32)CC1.Cl. The second-order valence-corrected chi connectivity index (χ2v) is 7.07. The molecule has 1 aromatic carbocycles. The monoisotopic (exact) mass is 309 g/mol. The highest BCUT2D eigenvalue weighted by Crippen LogP contribution is 2.32. The predicted molar refractivity (Wildman–Crippen MR) is 92.5 cm³/mol. The van der Waals surface area contributed by atoms with Gasteiger partial charge >= 0.3 is 0 Å². The fraction of sp³-hybridized carbons (Fsp3) is 0.647. The van der Waals surface area contributed by atoms with Crippen LogP contribution in [0.2, 0.25) is 0 Å². The van der Waals surface area contributed by atoms with Crippen molar-refractivity contribution >= 4 is 18.1 Å². The number of likely N-dealkylation sites (tertiary alicyclic amines) is 1. The van der Waals surface area contributed by atoms with Gasteiger partial charge in [-0.05, 0) is 44.7 Å². The summed E-state index contributed by atoms with van der Waals surface area (Å²) in [6, 6.07) is 9.62. The van der Waals surface area contributed by atoms with Crippen molar-refractivity contribution in [3.05, 3.63) is 29.8 Å². The van der Waals surface area contributed by atoms with E-state index in [2.05, 4.69) is 47.9 Å². The molecule has 1 saturated heterocycles. The number of nitrogens with two attached hydrogens (primary N) is 1. The van der Waals surface area contributed by atoms with E-state index in [4.69, 9.17) is 5.73 Å². The minimum atomic E-state index is -0.0763. The number of benzene rings is 1. The van der Waals surface area contributed by atoms with E-state index in [-0.39, 0.29) is 17.9 Å². The molecule has 0 aromatic heterocycles. The average Bonchev–Trinajstić information content (AvgIpc) is 2.82. The molecule has 0 saturated carbocycles. The molecular formula is C17H28ClN3. The van der Waals surface area contributed by atoms with Gasteiger partial charge in [0.2, 0.25) is 0 Å². The summed E-state index contributed by atoms with van der Waals surface area (Å²) in [5, 5.41) is 0. The third kappa shape index (κ3) is 3.91. The standard InChI is InChI=1S/C17H27N3.ClH/c1-17(2,18)13-19-10-8-15(9-11-19)20-12-7-14-5-3-4-6-16(14)20;/h3-6,15H,7-13,18H2,1-2H3;1H. The van der Waals surface area contributed by atoms with Gasteiger partial charge in [0.1, 0.15) is 0 Å². The Labute approximate surface area is 134 Å². The Morgan fingerprint density at radius 2 is 1.81 bits per heavy atom. The van der Waals surface area contributed by atoms with Crippen molar-refractivity contribution in [2.45, 2.75) is 44.7 Å². The quantitative estimate of drug-likeness (QED) is 0.932. The fourth-order valence-corrected chi connectivity index (χ4v) is 3.71. The highest BCUT2D eigenvalue weighted by molar-refractivity contribution is 5.85. The summed E-state index contributed by atoms with van der Waals surface area (Å²) < 4.78 is 0. The maximum atomic E-state index is 6.13. The van der Waals surface area contributed by atoms with Crippen LogP contribution < -0.4 is 10.6 Å². The first-order valence-electron chi connectivity index (χ1n) is 7.89. The predicted octanol–water partition coefficient (Wildman–Crippen LogP) is 2.67. The van der Waals surface area contributed by atoms with Crippen LogP contribution in [0.3, 0.4) is 0 Å². The molecule has 3 nitrogen and oxygen atoms in total. The van der Waals surface area contributed by atoms with Crippen molar-refractivity contribution in [3.63, 3.8) is 0 Å². The number of halogens is 1. The first-order chi connectivity index (χ1) is 9.53. The largest absolute Gasteiger partial charge is 0.368 e. The Hall–Kier alpha value is -0.770. The van der Waals surface area contributed by atoms with Gasteiger partial charge in [0, 0.05) is 43.4 Å². The van der Waals surface area contributed by atoms with Gasteiger partial charge in [-0.1, -0.05) is 18.2 Å². The van der Waals surface area contributed by atoms with Gasteiger partial charge in [-0.25, -0.2) is 0 Å². The Morgan fingerprint density at radius 1 is 1.14 bits per heavy atom. The van der Waals surface area contributed by atoms with Crippen LogP contribution in [0.1, 0.15) is 32.3 Å². The lowest BCUT2D eigenvalue weighted by molar-refractivity contribution is 0.178. The smallest absolute Gasteiger partial charge is 0.0402 e. The van der Waals surface area contributed by atoms with Crippen LogP contribution in [0.15, 0.2) is 24.3 Å². The highest BCUT2D eigenvalue weighted by atomic mass is 35.5. The van der Waals surface area contributed by atoms with Crippen LogP contribution in [0, 0.1) is 0 Å². The molecule has 1 fully saturated rings. The number of fused-ring (bicyclic) bond motifs is 1. The minimum Gasteiger partial charge on any atom is -0.368 e. The molecule has 0 amide bonds. The summed E-state index contributed by atoms with van der Waals surface area (Å²) in [6.07, 6.45) is 3.75. The van der Waals surface area contributed by atoms with E-state index in [0.717, 1.165) is 12.6 Å². The number of para-hydroxylation sites is 1. The number of nitrogens with zero attached hydrogens (tertiary/aromatic N) is 2. The first-order valence-corrected chi connectivity index (χ1v) is 7.89. The van der Waals surface area contributed by atoms with Crippen molar-refractivity contribution in [1.29, 1.82) is 0 Å². The van der Waals surface area contributed by atoms with Crippen molar-refractivity contribution < 1.29 is 0 Å². The van der Waals surface area contributed by atoms with Crippen LogP contribution >= 0.6 is 12.4 Å². The van der Waals surface area contributed by atoms with Crippen LogP contribution in [0.25, 0.3) is 0 Å². The highest BCUT2D eigenvalue weighted by Gasteiger charge is 2.30. The van der Waals surface area contributed by atoms with Gasteiger partial charge < -0.3 is 15.5 Å². The first kappa shape index (κ1) is 16.6. The van der Waals surface area contributed by atoms with E-state index in [0.29, 0.717) is 0 Å². The molecular weight excluding hydrogens is 282 g/mol. The molecule has 0 unspecified atom stereocenters. The van der Waals surface area contributed by atoms with Gasteiger partial charge in [0.25, 0.3) is 0 Å². The Balaban J connectivity index is 0.00000161. The normalized spacial score (nSPS) is 20.2. The molecule has 2 heterocycles. The number of hydrogen-bond acceptors (Lipinski definition) is 3. The molecule has 1 aromatic rings. The van der Waals surface area contributed by atoms with Crippen molar-refractivity contribution in [3.8, 4) is 0 Å². The lowest BCUT2D eigenvalue weighted by atomic mass is 10.00. The molecule has 0 radical (unpaired) electrons. The van der Waals surface area contributed by atoms with Gasteiger partial charge in [0.15, 0.2) is 0 Å². The summed E-state index contributed by atoms with van der Waals surface area (Å²) in [4.78, 5) is 5.17. The average molecular weight is 310 g/mol. The lowest BCUT2D eigenvalue weighted by Crippen LogP contribution is -2.51. The summed E-state index contributed by atoms with van der Waals surface area (Å²) in [5.74, 6) is 0. The topological polar surface area (TPSA) is 32.5 Å². The number of piperidine rings is 1. The maximum Gasteiger partial charge on any atom is 0.0402 e. The molecule has 118 valence electrons. The van der Waals surface area contributed by atoms with Crippen LogP contribution in [-0.4, -0.2) is 42.7 Å². The summed E-state index contributed by atoms with van der Waals surface area (Å²) >= 11 is 0. The Morgan fingerprint density at radius 3 is 2.48 bits per heavy atom. The zero-order chi connectivity index (χ0) is 14.2. The molecule has 2 aliphatic heterocycles. The Bertz CT molecular complexity index is 461. The van der Waals surface area contributed by atoms with Crippen LogP contribution in [0.4, 0.5) is 5.69 Å². The van der Waals surface area contributed by atoms with Crippen LogP contribution in [-0.2, 0) is 6.42 Å². The molecule has 2 N–H and O–H groups in total. The minimum absolute atomic E-state index is 0. The number of anilines is 1. The van der Waals surface area contributed by atoms with E-state index in [1.807, 2.05) is 0 Å². The van der Waals surface area contributed by atoms with Gasteiger partial charge in [0.05, 0.1) is 0 Å². The van der Waals surface area contributed by atoms with Gasteiger partial charge in [-0.15, -0.1) is 12.4 Å². The van der Waals surface area contributed by atoms with E-state index in [1.165, 1.54) is 50.1 Å². The third-order valence-electron chi connectivity index (χ3n) is 4.55. The van der Waals surface area contributed by atoms with E-state index >= 15 is 0 Å². The number of rotatable bonds is 3. The molecule has 0 bridgehead atoms. The van der Waals surface area contributed by atoms with E-state index in [1.54, 1.807) is 0 Å². The number of hydrogen-bond donors (Lipinski definition) is 1. The fourth-order valence-electron chi connectivity index (χ4n) is 3.71.